The molecule has 1 aliphatic heterocycles. The first-order chi connectivity index (χ1) is 19.3. The standard InChI is InChI=1S/C35H50N3O2/c1-23(38-19-18-37(36-38)22-25-8-6-5-7-9-25)10-13-31-24(2)33-32(40-31)21-30-28-12-11-26-20-27(39)14-16-34(26,3)29(28)15-17-35(30,33)4/h5-9,11,18-19,23-24,27-33,39H,10,12-17,20-22H2,1-4H3/q+1/t23-,24?,27?,28-,29+,30+,31-,32?,33?,34+,35+/m1/s1. The first-order valence-electron chi connectivity index (χ1n) is 16.3. The van der Waals surface area contributed by atoms with E-state index < -0.39 is 0 Å². The van der Waals surface area contributed by atoms with Gasteiger partial charge in [0.15, 0.2) is 12.4 Å². The maximum atomic E-state index is 10.3. The van der Waals surface area contributed by atoms with Crippen LogP contribution in [0.25, 0.3) is 0 Å². The summed E-state index contributed by atoms with van der Waals surface area (Å²) in [5.41, 5.74) is 3.59. The largest absolute Gasteiger partial charge is 0.393 e. The summed E-state index contributed by atoms with van der Waals surface area (Å²) in [6.45, 7) is 10.8. The van der Waals surface area contributed by atoms with Crippen molar-refractivity contribution in [3.63, 3.8) is 0 Å². The van der Waals surface area contributed by atoms with Crippen LogP contribution >= 0.6 is 0 Å². The van der Waals surface area contributed by atoms with Gasteiger partial charge in [-0.25, -0.2) is 0 Å². The highest BCUT2D eigenvalue weighted by atomic mass is 16.5. The zero-order valence-corrected chi connectivity index (χ0v) is 25.1. The van der Waals surface area contributed by atoms with E-state index in [1.165, 1.54) is 37.7 Å². The molecule has 1 saturated heterocycles. The summed E-state index contributed by atoms with van der Waals surface area (Å²) < 4.78 is 11.1. The Hall–Kier alpha value is -1.98. The summed E-state index contributed by atoms with van der Waals surface area (Å²) in [6.07, 6.45) is 18.0. The normalized spacial score (nSPS) is 42.9. The van der Waals surface area contributed by atoms with Gasteiger partial charge in [0.05, 0.1) is 23.5 Å². The van der Waals surface area contributed by atoms with Crippen LogP contribution in [0, 0.1) is 40.4 Å². The van der Waals surface area contributed by atoms with Gasteiger partial charge in [-0.15, -0.1) is 9.36 Å². The molecule has 1 aromatic carbocycles. The molecule has 5 heteroatoms. The van der Waals surface area contributed by atoms with Crippen molar-refractivity contribution in [1.29, 1.82) is 0 Å². The molecule has 11 atom stereocenters. The second kappa shape index (κ2) is 10.1. The molecule has 0 radical (unpaired) electrons. The summed E-state index contributed by atoms with van der Waals surface area (Å²) >= 11 is 0. The zero-order chi connectivity index (χ0) is 27.6. The van der Waals surface area contributed by atoms with Crippen LogP contribution in [0.2, 0.25) is 0 Å². The number of ether oxygens (including phenoxy) is 1. The zero-order valence-electron chi connectivity index (χ0n) is 25.1. The quantitative estimate of drug-likeness (QED) is 0.333. The van der Waals surface area contributed by atoms with Gasteiger partial charge in [-0.05, 0) is 111 Å². The van der Waals surface area contributed by atoms with E-state index in [9.17, 15) is 5.11 Å². The Morgan fingerprint density at radius 2 is 1.98 bits per heavy atom. The van der Waals surface area contributed by atoms with E-state index in [2.05, 4.69) is 81.2 Å². The fourth-order valence-electron chi connectivity index (χ4n) is 10.6. The lowest BCUT2D eigenvalue weighted by molar-refractivity contribution is -0.747. The Morgan fingerprint density at radius 3 is 2.80 bits per heavy atom. The number of aliphatic hydroxyl groups excluding tert-OH is 1. The lowest BCUT2D eigenvalue weighted by Crippen LogP contribution is -2.51. The molecule has 1 N–H and O–H groups in total. The Kier molecular flexibility index (Phi) is 6.78. The van der Waals surface area contributed by atoms with Crippen LogP contribution < -0.4 is 4.68 Å². The molecule has 2 heterocycles. The molecule has 2 aromatic rings. The van der Waals surface area contributed by atoms with Gasteiger partial charge in [0.1, 0.15) is 12.6 Å². The minimum atomic E-state index is -0.118. The molecule has 1 aromatic heterocycles. The van der Waals surface area contributed by atoms with Crippen molar-refractivity contribution in [2.45, 2.75) is 116 Å². The van der Waals surface area contributed by atoms with Crippen LogP contribution in [0.15, 0.2) is 54.4 Å². The number of benzene rings is 1. The van der Waals surface area contributed by atoms with Crippen LogP contribution in [-0.4, -0.2) is 33.3 Å². The van der Waals surface area contributed by atoms with Crippen molar-refractivity contribution in [1.82, 2.24) is 9.90 Å². The average molecular weight is 545 g/mol. The van der Waals surface area contributed by atoms with Crippen LogP contribution in [-0.2, 0) is 11.3 Å². The molecule has 0 spiro atoms. The smallest absolute Gasteiger partial charge is 0.155 e. The molecule has 216 valence electrons. The van der Waals surface area contributed by atoms with Gasteiger partial charge in [0, 0.05) is 0 Å². The fourth-order valence-corrected chi connectivity index (χ4v) is 10.6. The molecule has 5 nitrogen and oxygen atoms in total. The Bertz CT molecular complexity index is 1240. The number of nitrogens with zero attached hydrogens (tertiary/aromatic N) is 3. The van der Waals surface area contributed by atoms with Gasteiger partial charge in [0.25, 0.3) is 0 Å². The molecular weight excluding hydrogens is 494 g/mol. The van der Waals surface area contributed by atoms with Crippen LogP contribution in [0.1, 0.15) is 97.1 Å². The predicted molar refractivity (Wildman–Crippen MR) is 156 cm³/mol. The number of aromatic nitrogens is 3. The second-order valence-corrected chi connectivity index (χ2v) is 14.8. The number of hydrogen-bond donors (Lipinski definition) is 1. The minimum Gasteiger partial charge on any atom is -0.393 e. The van der Waals surface area contributed by atoms with E-state index >= 15 is 0 Å². The van der Waals surface area contributed by atoms with Crippen LogP contribution in [0.3, 0.4) is 0 Å². The predicted octanol–water partition coefficient (Wildman–Crippen LogP) is 6.51. The van der Waals surface area contributed by atoms with E-state index in [1.54, 1.807) is 5.57 Å². The molecule has 40 heavy (non-hydrogen) atoms. The van der Waals surface area contributed by atoms with E-state index in [1.807, 2.05) is 4.68 Å². The van der Waals surface area contributed by atoms with E-state index in [0.717, 1.165) is 50.0 Å². The monoisotopic (exact) mass is 544 g/mol. The molecule has 5 aliphatic rings. The van der Waals surface area contributed by atoms with Crippen LogP contribution in [0.4, 0.5) is 0 Å². The first-order valence-corrected chi connectivity index (χ1v) is 16.3. The van der Waals surface area contributed by atoms with Crippen molar-refractivity contribution >= 4 is 0 Å². The third-order valence-electron chi connectivity index (χ3n) is 12.8. The summed E-state index contributed by atoms with van der Waals surface area (Å²) in [7, 11) is 0. The molecule has 4 fully saturated rings. The molecular formula is C35H50N3O2+. The van der Waals surface area contributed by atoms with Crippen molar-refractivity contribution in [3.05, 3.63) is 59.9 Å². The lowest BCUT2D eigenvalue weighted by atomic mass is 9.47. The highest BCUT2D eigenvalue weighted by molar-refractivity contribution is 5.26. The fraction of sp³-hybridized carbons (Fsp3) is 0.714. The van der Waals surface area contributed by atoms with Gasteiger partial charge < -0.3 is 9.84 Å². The molecule has 7 rings (SSSR count). The Morgan fingerprint density at radius 1 is 1.15 bits per heavy atom. The van der Waals surface area contributed by atoms with Gasteiger partial charge in [-0.3, -0.25) is 0 Å². The summed E-state index contributed by atoms with van der Waals surface area (Å²) in [4.78, 5) is 0. The van der Waals surface area contributed by atoms with E-state index in [0.29, 0.717) is 40.9 Å². The summed E-state index contributed by atoms with van der Waals surface area (Å²) in [6, 6.07) is 10.9. The SMILES string of the molecule is CC1C2C(C[C@H]3[C@@H]4CC=C5CC(O)CC[C@]5(C)[C@H]4CC[C@]23C)O[C@@H]1CC[C@@H](C)n1cc[n+](Cc2ccccc2)n1. The minimum absolute atomic E-state index is 0.118. The number of fused-ring (bicyclic) bond motifs is 7. The molecule has 0 amide bonds. The maximum Gasteiger partial charge on any atom is 0.155 e. The molecule has 3 saturated carbocycles. The Labute approximate surface area is 241 Å². The highest BCUT2D eigenvalue weighted by Crippen LogP contribution is 2.69. The number of hydrogen-bond acceptors (Lipinski definition) is 3. The van der Waals surface area contributed by atoms with Crippen molar-refractivity contribution < 1.29 is 14.5 Å². The van der Waals surface area contributed by atoms with Crippen molar-refractivity contribution in [2.75, 3.05) is 0 Å². The van der Waals surface area contributed by atoms with Gasteiger partial charge in [0.2, 0.25) is 0 Å². The van der Waals surface area contributed by atoms with Crippen molar-refractivity contribution in [2.24, 2.45) is 40.4 Å². The van der Waals surface area contributed by atoms with E-state index in [-0.39, 0.29) is 6.10 Å². The number of allylic oxidation sites excluding steroid dienone is 1. The van der Waals surface area contributed by atoms with Crippen LogP contribution in [0.5, 0.6) is 0 Å². The third kappa shape index (κ3) is 4.33. The molecule has 4 unspecified atom stereocenters. The first kappa shape index (κ1) is 26.9. The molecule has 4 aliphatic carbocycles. The second-order valence-electron chi connectivity index (χ2n) is 14.8. The number of aliphatic hydroxyl groups is 1. The van der Waals surface area contributed by atoms with Gasteiger partial charge in [-0.1, -0.05) is 62.8 Å². The summed E-state index contributed by atoms with van der Waals surface area (Å²) in [5, 5.41) is 15.2. The number of rotatable bonds is 6. The van der Waals surface area contributed by atoms with Gasteiger partial charge >= 0.3 is 0 Å². The molecule has 0 bridgehead atoms. The third-order valence-corrected chi connectivity index (χ3v) is 12.8. The van der Waals surface area contributed by atoms with E-state index in [4.69, 9.17) is 9.95 Å². The average Bonchev–Trinajstić information content (AvgIpc) is 3.62. The lowest BCUT2D eigenvalue weighted by Gasteiger charge is -2.58. The van der Waals surface area contributed by atoms with Crippen molar-refractivity contribution in [3.8, 4) is 0 Å². The highest BCUT2D eigenvalue weighted by Gasteiger charge is 2.64. The topological polar surface area (TPSA) is 51.2 Å². The maximum absolute atomic E-state index is 10.3. The Balaban J connectivity index is 0.991. The summed E-state index contributed by atoms with van der Waals surface area (Å²) in [5.74, 6) is 3.70. The van der Waals surface area contributed by atoms with Gasteiger partial charge in [-0.2, -0.15) is 0 Å².